The second kappa shape index (κ2) is 9.46. The molecule has 0 aliphatic carbocycles. The molecule has 2 aromatic rings. The summed E-state index contributed by atoms with van der Waals surface area (Å²) < 4.78 is 5.52. The van der Waals surface area contributed by atoms with Crippen molar-refractivity contribution in [3.05, 3.63) is 54.1 Å². The van der Waals surface area contributed by atoms with Crippen molar-refractivity contribution in [2.75, 3.05) is 37.9 Å². The van der Waals surface area contributed by atoms with Crippen LogP contribution < -0.4 is 15.4 Å². The summed E-state index contributed by atoms with van der Waals surface area (Å²) >= 11 is 0. The van der Waals surface area contributed by atoms with Crippen molar-refractivity contribution in [2.24, 2.45) is 0 Å². The van der Waals surface area contributed by atoms with Crippen LogP contribution in [0.1, 0.15) is 23.7 Å². The molecule has 0 saturated carbocycles. The van der Waals surface area contributed by atoms with E-state index in [1.54, 1.807) is 38.4 Å². The van der Waals surface area contributed by atoms with Crippen molar-refractivity contribution in [3.8, 4) is 5.75 Å². The van der Waals surface area contributed by atoms with Gasteiger partial charge in [-0.25, -0.2) is 0 Å². The summed E-state index contributed by atoms with van der Waals surface area (Å²) in [6.45, 7) is 2.87. The standard InChI is InChI=1S/C20H25N3O3/c1-4-12-26-18-10-8-16(9-11-18)21-14-19(24)22-17-7-5-6-15(13-17)20(25)23(2)3/h5-11,13,21H,4,12,14H2,1-3H3,(H,22,24). The Labute approximate surface area is 154 Å². The van der Waals surface area contributed by atoms with E-state index in [0.717, 1.165) is 17.9 Å². The van der Waals surface area contributed by atoms with Crippen LogP contribution in [0.25, 0.3) is 0 Å². The van der Waals surface area contributed by atoms with E-state index >= 15 is 0 Å². The molecule has 2 N–H and O–H groups in total. The molecule has 0 bridgehead atoms. The molecule has 0 atom stereocenters. The number of anilines is 2. The van der Waals surface area contributed by atoms with Gasteiger partial charge in [-0.3, -0.25) is 9.59 Å². The van der Waals surface area contributed by atoms with E-state index in [4.69, 9.17) is 4.74 Å². The molecule has 0 fully saturated rings. The van der Waals surface area contributed by atoms with Gasteiger partial charge in [-0.15, -0.1) is 0 Å². The fourth-order valence-electron chi connectivity index (χ4n) is 2.26. The maximum Gasteiger partial charge on any atom is 0.253 e. The SMILES string of the molecule is CCCOc1ccc(NCC(=O)Nc2cccc(C(=O)N(C)C)c2)cc1. The van der Waals surface area contributed by atoms with Crippen LogP contribution in [0.4, 0.5) is 11.4 Å². The number of carbonyl (C=O) groups is 2. The lowest BCUT2D eigenvalue weighted by molar-refractivity contribution is -0.114. The topological polar surface area (TPSA) is 70.7 Å². The average Bonchev–Trinajstić information content (AvgIpc) is 2.65. The molecule has 0 aliphatic heterocycles. The molecule has 2 rings (SSSR count). The Morgan fingerprint density at radius 3 is 2.42 bits per heavy atom. The summed E-state index contributed by atoms with van der Waals surface area (Å²) in [5.74, 6) is 0.514. The number of nitrogens with zero attached hydrogens (tertiary/aromatic N) is 1. The first kappa shape index (κ1) is 19.3. The molecular formula is C20H25N3O3. The third-order valence-corrected chi connectivity index (χ3v) is 3.58. The fourth-order valence-corrected chi connectivity index (χ4v) is 2.26. The van der Waals surface area contributed by atoms with Crippen molar-refractivity contribution < 1.29 is 14.3 Å². The third kappa shape index (κ3) is 5.81. The van der Waals surface area contributed by atoms with Gasteiger partial charge in [-0.1, -0.05) is 13.0 Å². The number of hydrogen-bond acceptors (Lipinski definition) is 4. The smallest absolute Gasteiger partial charge is 0.253 e. The predicted molar refractivity (Wildman–Crippen MR) is 104 cm³/mol. The van der Waals surface area contributed by atoms with E-state index in [1.807, 2.05) is 24.3 Å². The lowest BCUT2D eigenvalue weighted by Crippen LogP contribution is -2.23. The number of amides is 2. The lowest BCUT2D eigenvalue weighted by Gasteiger charge is -2.12. The second-order valence-corrected chi connectivity index (χ2v) is 6.05. The summed E-state index contributed by atoms with van der Waals surface area (Å²) in [5, 5.41) is 5.85. The molecule has 0 aliphatic rings. The lowest BCUT2D eigenvalue weighted by atomic mass is 10.2. The van der Waals surface area contributed by atoms with Crippen molar-refractivity contribution in [2.45, 2.75) is 13.3 Å². The molecule has 138 valence electrons. The van der Waals surface area contributed by atoms with E-state index in [9.17, 15) is 9.59 Å². The van der Waals surface area contributed by atoms with E-state index in [2.05, 4.69) is 17.6 Å². The van der Waals surface area contributed by atoms with E-state index in [1.165, 1.54) is 4.90 Å². The number of ether oxygens (including phenoxy) is 1. The molecule has 0 unspecified atom stereocenters. The van der Waals surface area contributed by atoms with E-state index < -0.39 is 0 Å². The van der Waals surface area contributed by atoms with Crippen LogP contribution in [0.15, 0.2) is 48.5 Å². The van der Waals surface area contributed by atoms with Gasteiger partial charge in [-0.05, 0) is 48.9 Å². The number of benzene rings is 2. The summed E-state index contributed by atoms with van der Waals surface area (Å²) in [5.41, 5.74) is 1.96. The third-order valence-electron chi connectivity index (χ3n) is 3.58. The average molecular weight is 355 g/mol. The Morgan fingerprint density at radius 2 is 1.77 bits per heavy atom. The highest BCUT2D eigenvalue weighted by molar-refractivity contribution is 5.97. The number of carbonyl (C=O) groups excluding carboxylic acids is 2. The highest BCUT2D eigenvalue weighted by Crippen LogP contribution is 2.16. The molecule has 0 heterocycles. The first-order valence-corrected chi connectivity index (χ1v) is 8.58. The van der Waals surface area contributed by atoms with Gasteiger partial charge in [0.25, 0.3) is 5.91 Å². The van der Waals surface area contributed by atoms with Crippen molar-refractivity contribution in [1.82, 2.24) is 4.90 Å². The van der Waals surface area contributed by atoms with Crippen molar-refractivity contribution in [3.63, 3.8) is 0 Å². The van der Waals surface area contributed by atoms with Crippen LogP contribution in [0.2, 0.25) is 0 Å². The zero-order chi connectivity index (χ0) is 18.9. The number of nitrogens with one attached hydrogen (secondary N) is 2. The Kier molecular flexibility index (Phi) is 7.02. The number of hydrogen-bond donors (Lipinski definition) is 2. The van der Waals surface area contributed by atoms with Crippen LogP contribution in [0.3, 0.4) is 0 Å². The maximum atomic E-state index is 12.1. The molecule has 2 amide bonds. The van der Waals surface area contributed by atoms with Crippen LogP contribution in [-0.2, 0) is 4.79 Å². The molecule has 26 heavy (non-hydrogen) atoms. The van der Waals surface area contributed by atoms with Crippen LogP contribution >= 0.6 is 0 Å². The Hall–Kier alpha value is -3.02. The predicted octanol–water partition coefficient (Wildman–Crippen LogP) is 3.23. The molecule has 6 heteroatoms. The normalized spacial score (nSPS) is 10.1. The quantitative estimate of drug-likeness (QED) is 0.763. The summed E-state index contributed by atoms with van der Waals surface area (Å²) in [4.78, 5) is 25.6. The highest BCUT2D eigenvalue weighted by atomic mass is 16.5. The zero-order valence-electron chi connectivity index (χ0n) is 15.4. The molecule has 0 aromatic heterocycles. The molecule has 0 spiro atoms. The summed E-state index contributed by atoms with van der Waals surface area (Å²) in [6.07, 6.45) is 0.960. The Bertz CT molecular complexity index is 742. The molecule has 0 saturated heterocycles. The van der Waals surface area contributed by atoms with E-state index in [0.29, 0.717) is 17.9 Å². The largest absolute Gasteiger partial charge is 0.494 e. The van der Waals surface area contributed by atoms with Gasteiger partial charge in [0, 0.05) is 31.0 Å². The first-order valence-electron chi connectivity index (χ1n) is 8.58. The first-order chi connectivity index (χ1) is 12.5. The van der Waals surface area contributed by atoms with Crippen LogP contribution in [0.5, 0.6) is 5.75 Å². The molecular weight excluding hydrogens is 330 g/mol. The van der Waals surface area contributed by atoms with Gasteiger partial charge < -0.3 is 20.3 Å². The van der Waals surface area contributed by atoms with Gasteiger partial charge in [-0.2, -0.15) is 0 Å². The van der Waals surface area contributed by atoms with Crippen LogP contribution in [-0.4, -0.2) is 44.0 Å². The summed E-state index contributed by atoms with van der Waals surface area (Å²) in [6, 6.07) is 14.4. The van der Waals surface area contributed by atoms with Gasteiger partial charge in [0.05, 0.1) is 13.2 Å². The van der Waals surface area contributed by atoms with Crippen molar-refractivity contribution in [1.29, 1.82) is 0 Å². The monoisotopic (exact) mass is 355 g/mol. The molecule has 0 radical (unpaired) electrons. The van der Waals surface area contributed by atoms with E-state index in [-0.39, 0.29) is 18.4 Å². The minimum Gasteiger partial charge on any atom is -0.494 e. The molecule has 6 nitrogen and oxygen atoms in total. The second-order valence-electron chi connectivity index (χ2n) is 6.05. The zero-order valence-corrected chi connectivity index (χ0v) is 15.4. The Balaban J connectivity index is 1.87. The number of rotatable bonds is 8. The minimum absolute atomic E-state index is 0.107. The van der Waals surface area contributed by atoms with Crippen molar-refractivity contribution >= 4 is 23.2 Å². The van der Waals surface area contributed by atoms with Gasteiger partial charge in [0.2, 0.25) is 5.91 Å². The minimum atomic E-state index is -0.189. The summed E-state index contributed by atoms with van der Waals surface area (Å²) in [7, 11) is 3.38. The molecule has 2 aromatic carbocycles. The Morgan fingerprint density at radius 1 is 1.04 bits per heavy atom. The van der Waals surface area contributed by atoms with Crippen LogP contribution in [0, 0.1) is 0 Å². The van der Waals surface area contributed by atoms with Gasteiger partial charge >= 0.3 is 0 Å². The van der Waals surface area contributed by atoms with Gasteiger partial charge in [0.1, 0.15) is 5.75 Å². The maximum absolute atomic E-state index is 12.1. The fraction of sp³-hybridized carbons (Fsp3) is 0.300. The highest BCUT2D eigenvalue weighted by Gasteiger charge is 2.09. The van der Waals surface area contributed by atoms with Gasteiger partial charge in [0.15, 0.2) is 0 Å².